The molecule has 106 valence electrons. The van der Waals surface area contributed by atoms with Crippen LogP contribution in [0.3, 0.4) is 0 Å². The lowest BCUT2D eigenvalue weighted by molar-refractivity contribution is -0.141. The summed E-state index contributed by atoms with van der Waals surface area (Å²) in [6.45, 7) is 5.14. The highest BCUT2D eigenvalue weighted by Gasteiger charge is 2.22. The first-order chi connectivity index (χ1) is 8.95. The van der Waals surface area contributed by atoms with Crippen LogP contribution in [0.25, 0.3) is 0 Å². The molecule has 1 aromatic rings. The topological polar surface area (TPSA) is 107 Å². The summed E-state index contributed by atoms with van der Waals surface area (Å²) in [5.41, 5.74) is 0. The molecule has 0 aromatic carbocycles. The Bertz CT molecular complexity index is 419. The minimum absolute atomic E-state index is 0.220. The second-order valence-corrected chi connectivity index (χ2v) is 4.47. The summed E-state index contributed by atoms with van der Waals surface area (Å²) in [4.78, 5) is 29.6. The number of carboxylic acid groups (broad SMARTS) is 1. The van der Waals surface area contributed by atoms with E-state index < -0.39 is 24.0 Å². The second kappa shape index (κ2) is 6.77. The van der Waals surface area contributed by atoms with Crippen molar-refractivity contribution in [2.24, 2.45) is 5.92 Å². The van der Waals surface area contributed by atoms with Crippen molar-refractivity contribution in [1.82, 2.24) is 20.6 Å². The van der Waals surface area contributed by atoms with Gasteiger partial charge in [0.1, 0.15) is 5.82 Å². The van der Waals surface area contributed by atoms with Gasteiger partial charge in [-0.3, -0.25) is 4.79 Å². The maximum Gasteiger partial charge on any atom is 0.315 e. The molecule has 3 atom stereocenters. The molecule has 0 fully saturated rings. The lowest BCUT2D eigenvalue weighted by Gasteiger charge is -2.20. The molecule has 1 aromatic heterocycles. The van der Waals surface area contributed by atoms with Gasteiger partial charge in [-0.15, -0.1) is 0 Å². The van der Waals surface area contributed by atoms with Crippen LogP contribution in [0.4, 0.5) is 4.79 Å². The van der Waals surface area contributed by atoms with Crippen molar-refractivity contribution < 1.29 is 14.7 Å². The molecule has 7 nitrogen and oxygen atoms in total. The van der Waals surface area contributed by atoms with Crippen LogP contribution in [0.1, 0.15) is 39.1 Å². The van der Waals surface area contributed by atoms with Crippen LogP contribution in [-0.2, 0) is 4.79 Å². The van der Waals surface area contributed by atoms with E-state index >= 15 is 0 Å². The van der Waals surface area contributed by atoms with E-state index in [1.165, 1.54) is 0 Å². The minimum atomic E-state index is -0.939. The Hall–Kier alpha value is -2.05. The first-order valence-electron chi connectivity index (χ1n) is 6.24. The van der Waals surface area contributed by atoms with Crippen molar-refractivity contribution in [3.05, 3.63) is 18.2 Å². The van der Waals surface area contributed by atoms with Gasteiger partial charge in [-0.25, -0.2) is 9.78 Å². The number of H-pyrrole nitrogens is 1. The van der Waals surface area contributed by atoms with Crippen LogP contribution in [0.5, 0.6) is 0 Å². The van der Waals surface area contributed by atoms with E-state index in [9.17, 15) is 9.59 Å². The molecule has 0 aliphatic rings. The number of nitrogens with zero attached hydrogens (tertiary/aromatic N) is 1. The van der Waals surface area contributed by atoms with E-state index in [2.05, 4.69) is 20.6 Å². The summed E-state index contributed by atoms with van der Waals surface area (Å²) in [6.07, 6.45) is 3.99. The molecular formula is C12H20N4O3. The van der Waals surface area contributed by atoms with Crippen LogP contribution in [-0.4, -0.2) is 33.1 Å². The third kappa shape index (κ3) is 4.27. The van der Waals surface area contributed by atoms with E-state index in [0.717, 1.165) is 0 Å². The molecule has 1 heterocycles. The number of aromatic amines is 1. The van der Waals surface area contributed by atoms with Gasteiger partial charge in [0.25, 0.3) is 0 Å². The number of hydrogen-bond acceptors (Lipinski definition) is 3. The van der Waals surface area contributed by atoms with Gasteiger partial charge < -0.3 is 20.7 Å². The van der Waals surface area contributed by atoms with Crippen LogP contribution >= 0.6 is 0 Å². The van der Waals surface area contributed by atoms with Gasteiger partial charge in [0.2, 0.25) is 0 Å². The summed E-state index contributed by atoms with van der Waals surface area (Å²) in [5.74, 6) is -0.906. The number of hydrogen-bond donors (Lipinski definition) is 4. The first-order valence-corrected chi connectivity index (χ1v) is 6.24. The Labute approximate surface area is 111 Å². The first kappa shape index (κ1) is 15.0. The predicted octanol–water partition coefficient (Wildman–Crippen LogP) is 1.27. The molecule has 0 spiro atoms. The zero-order valence-electron chi connectivity index (χ0n) is 11.3. The second-order valence-electron chi connectivity index (χ2n) is 4.47. The quantitative estimate of drug-likeness (QED) is 0.623. The number of urea groups is 1. The molecule has 4 N–H and O–H groups in total. The lowest BCUT2D eigenvalue weighted by atomic mass is 10.0. The fourth-order valence-electron chi connectivity index (χ4n) is 1.58. The van der Waals surface area contributed by atoms with Crippen molar-refractivity contribution in [2.45, 2.75) is 39.3 Å². The van der Waals surface area contributed by atoms with Crippen molar-refractivity contribution in [3.8, 4) is 0 Å². The monoisotopic (exact) mass is 268 g/mol. The van der Waals surface area contributed by atoms with Crippen LogP contribution in [0.2, 0.25) is 0 Å². The largest absolute Gasteiger partial charge is 0.481 e. The number of carboxylic acids is 1. The lowest BCUT2D eigenvalue weighted by Crippen LogP contribution is -2.46. The molecule has 1 rings (SSSR count). The number of aromatic nitrogens is 2. The van der Waals surface area contributed by atoms with Crippen LogP contribution in [0, 0.1) is 5.92 Å². The van der Waals surface area contributed by atoms with Gasteiger partial charge >= 0.3 is 12.0 Å². The summed E-state index contributed by atoms with van der Waals surface area (Å²) >= 11 is 0. The summed E-state index contributed by atoms with van der Waals surface area (Å²) in [5, 5.41) is 14.2. The molecule has 0 radical (unpaired) electrons. The third-order valence-electron chi connectivity index (χ3n) is 3.06. The summed E-state index contributed by atoms with van der Waals surface area (Å²) < 4.78 is 0. The van der Waals surface area contributed by atoms with Gasteiger partial charge in [-0.2, -0.15) is 0 Å². The molecule has 0 saturated carbocycles. The molecule has 19 heavy (non-hydrogen) atoms. The van der Waals surface area contributed by atoms with E-state index in [4.69, 9.17) is 5.11 Å². The minimum Gasteiger partial charge on any atom is -0.481 e. The molecule has 3 unspecified atom stereocenters. The van der Waals surface area contributed by atoms with Crippen molar-refractivity contribution in [1.29, 1.82) is 0 Å². The van der Waals surface area contributed by atoms with Crippen LogP contribution in [0.15, 0.2) is 12.4 Å². The van der Waals surface area contributed by atoms with E-state index in [0.29, 0.717) is 12.2 Å². The van der Waals surface area contributed by atoms with Gasteiger partial charge in [-0.05, 0) is 20.3 Å². The number of aliphatic carboxylic acids is 1. The van der Waals surface area contributed by atoms with Gasteiger partial charge in [0.05, 0.1) is 12.0 Å². The normalized spacial score (nSPS) is 15.3. The average molecular weight is 268 g/mol. The molecule has 0 bridgehead atoms. The van der Waals surface area contributed by atoms with Gasteiger partial charge in [0, 0.05) is 18.4 Å². The number of rotatable bonds is 6. The number of nitrogens with one attached hydrogen (secondary N) is 3. The molecule has 0 aliphatic heterocycles. The van der Waals surface area contributed by atoms with Gasteiger partial charge in [-0.1, -0.05) is 6.92 Å². The predicted molar refractivity (Wildman–Crippen MR) is 69.5 cm³/mol. The molecule has 0 saturated heterocycles. The van der Waals surface area contributed by atoms with Gasteiger partial charge in [0.15, 0.2) is 0 Å². The highest BCUT2D eigenvalue weighted by molar-refractivity contribution is 5.76. The molecule has 2 amide bonds. The Balaban J connectivity index is 2.52. The smallest absolute Gasteiger partial charge is 0.315 e. The fraction of sp³-hybridized carbons (Fsp3) is 0.583. The van der Waals surface area contributed by atoms with Crippen LogP contribution < -0.4 is 10.6 Å². The van der Waals surface area contributed by atoms with E-state index in [-0.39, 0.29) is 6.04 Å². The SMILES string of the molecule is CCC(NC(=O)NC(C)C(C)C(=O)O)c1ncc[nH]1. The summed E-state index contributed by atoms with van der Waals surface area (Å²) in [7, 11) is 0. The maximum atomic E-state index is 11.8. The van der Waals surface area contributed by atoms with Crippen molar-refractivity contribution >= 4 is 12.0 Å². The highest BCUT2D eigenvalue weighted by Crippen LogP contribution is 2.11. The number of carbonyl (C=O) groups is 2. The zero-order valence-corrected chi connectivity index (χ0v) is 11.3. The highest BCUT2D eigenvalue weighted by atomic mass is 16.4. The van der Waals surface area contributed by atoms with Crippen molar-refractivity contribution in [2.75, 3.05) is 0 Å². The Morgan fingerprint density at radius 2 is 2.11 bits per heavy atom. The number of imidazole rings is 1. The standard InChI is InChI=1S/C12H20N4O3/c1-4-9(10-13-5-6-14-10)16-12(19)15-8(3)7(2)11(17)18/h5-9H,4H2,1-3H3,(H,13,14)(H,17,18)(H2,15,16,19). The third-order valence-corrected chi connectivity index (χ3v) is 3.06. The van der Waals surface area contributed by atoms with Crippen molar-refractivity contribution in [3.63, 3.8) is 0 Å². The summed E-state index contributed by atoms with van der Waals surface area (Å²) in [6, 6.07) is -1.07. The molecule has 7 heteroatoms. The average Bonchev–Trinajstić information content (AvgIpc) is 2.88. The Morgan fingerprint density at radius 3 is 2.58 bits per heavy atom. The fourth-order valence-corrected chi connectivity index (χ4v) is 1.58. The molecular weight excluding hydrogens is 248 g/mol. The number of amides is 2. The van der Waals surface area contributed by atoms with E-state index in [1.54, 1.807) is 26.2 Å². The molecule has 0 aliphatic carbocycles. The maximum absolute atomic E-state index is 11.8. The Kier molecular flexibility index (Phi) is 5.35. The Morgan fingerprint density at radius 1 is 1.42 bits per heavy atom. The van der Waals surface area contributed by atoms with E-state index in [1.807, 2.05) is 6.92 Å². The number of carbonyl (C=O) groups excluding carboxylic acids is 1. The zero-order chi connectivity index (χ0) is 14.4.